The summed E-state index contributed by atoms with van der Waals surface area (Å²) in [5.41, 5.74) is 0.0474. The van der Waals surface area contributed by atoms with Crippen LogP contribution in [0.3, 0.4) is 0 Å². The molecule has 1 aromatic rings. The number of carboxylic acids is 1. The molecule has 1 N–H and O–H groups in total. The number of imide groups is 1. The number of rotatable bonds is 3. The van der Waals surface area contributed by atoms with Gasteiger partial charge < -0.3 is 5.11 Å². The molecule has 2 unspecified atom stereocenters. The Labute approximate surface area is 126 Å². The third-order valence-corrected chi connectivity index (χ3v) is 5.62. The molecule has 0 radical (unpaired) electrons. The van der Waals surface area contributed by atoms with Crippen LogP contribution in [-0.2, 0) is 9.59 Å². The molecule has 21 heavy (non-hydrogen) atoms. The average Bonchev–Trinajstić information content (AvgIpc) is 3.06. The monoisotopic (exact) mass is 307 g/mol. The largest absolute Gasteiger partial charge is 0.478 e. The van der Waals surface area contributed by atoms with Crippen LogP contribution >= 0.6 is 11.3 Å². The van der Waals surface area contributed by atoms with Gasteiger partial charge in [0.05, 0.1) is 17.4 Å². The predicted octanol–water partition coefficient (Wildman–Crippen LogP) is 2.68. The van der Waals surface area contributed by atoms with Crippen molar-refractivity contribution in [1.29, 1.82) is 0 Å². The number of thiophene rings is 1. The summed E-state index contributed by atoms with van der Waals surface area (Å²) in [7, 11) is 0. The number of hydrogen-bond acceptors (Lipinski definition) is 4. The van der Waals surface area contributed by atoms with Gasteiger partial charge in [0.2, 0.25) is 11.8 Å². The highest BCUT2D eigenvalue weighted by Gasteiger charge is 2.53. The van der Waals surface area contributed by atoms with E-state index in [9.17, 15) is 19.5 Å². The molecule has 1 saturated carbocycles. The topological polar surface area (TPSA) is 74.7 Å². The van der Waals surface area contributed by atoms with Gasteiger partial charge in [-0.25, -0.2) is 9.69 Å². The van der Waals surface area contributed by atoms with Crippen LogP contribution in [0.15, 0.2) is 6.07 Å². The standard InChI is InChI=1S/C15H17NO4S/c1-3-8-5-9-10(6-8)13(18)16(12(9)17)14-11(15(19)20)4-7(2)21-14/h4,8-10H,3,5-6H2,1-2H3,(H,19,20). The molecule has 3 rings (SSSR count). The van der Waals surface area contributed by atoms with Gasteiger partial charge >= 0.3 is 5.97 Å². The number of anilines is 1. The van der Waals surface area contributed by atoms with E-state index in [0.29, 0.717) is 5.92 Å². The molecule has 112 valence electrons. The van der Waals surface area contributed by atoms with Crippen LogP contribution in [0.5, 0.6) is 0 Å². The van der Waals surface area contributed by atoms with Crippen molar-refractivity contribution in [2.24, 2.45) is 17.8 Å². The van der Waals surface area contributed by atoms with Crippen molar-refractivity contribution in [1.82, 2.24) is 0 Å². The SMILES string of the molecule is CCC1CC2C(=O)N(c3sc(C)cc3C(=O)O)C(=O)C2C1. The van der Waals surface area contributed by atoms with Crippen LogP contribution in [0.4, 0.5) is 5.00 Å². The quantitative estimate of drug-likeness (QED) is 0.871. The minimum absolute atomic E-state index is 0.0474. The number of carbonyl (C=O) groups excluding carboxylic acids is 2. The van der Waals surface area contributed by atoms with Crippen molar-refractivity contribution in [3.8, 4) is 0 Å². The van der Waals surface area contributed by atoms with E-state index in [1.165, 1.54) is 17.4 Å². The average molecular weight is 307 g/mol. The molecule has 1 aromatic heterocycles. The second-order valence-corrected chi connectivity index (χ2v) is 7.09. The zero-order valence-electron chi connectivity index (χ0n) is 12.0. The zero-order chi connectivity index (χ0) is 15.3. The first-order valence-electron chi connectivity index (χ1n) is 7.15. The smallest absolute Gasteiger partial charge is 0.338 e. The summed E-state index contributed by atoms with van der Waals surface area (Å²) in [5.74, 6) is -1.62. The van der Waals surface area contributed by atoms with E-state index in [1.54, 1.807) is 6.92 Å². The van der Waals surface area contributed by atoms with E-state index in [1.807, 2.05) is 0 Å². The highest BCUT2D eigenvalue weighted by atomic mass is 32.1. The Balaban J connectivity index is 1.97. The van der Waals surface area contributed by atoms with Crippen LogP contribution in [0.25, 0.3) is 0 Å². The highest BCUT2D eigenvalue weighted by Crippen LogP contribution is 2.47. The third-order valence-electron chi connectivity index (χ3n) is 4.58. The van der Waals surface area contributed by atoms with Gasteiger partial charge in [-0.15, -0.1) is 11.3 Å². The summed E-state index contributed by atoms with van der Waals surface area (Å²) in [5, 5.41) is 9.53. The fraction of sp³-hybridized carbons (Fsp3) is 0.533. The first-order chi connectivity index (χ1) is 9.93. The summed E-state index contributed by atoms with van der Waals surface area (Å²) in [4.78, 5) is 38.3. The number of carbonyl (C=O) groups is 3. The van der Waals surface area contributed by atoms with Crippen LogP contribution in [0, 0.1) is 24.7 Å². The molecule has 2 amide bonds. The van der Waals surface area contributed by atoms with E-state index in [0.717, 1.165) is 29.0 Å². The second kappa shape index (κ2) is 4.94. The van der Waals surface area contributed by atoms with Gasteiger partial charge in [-0.1, -0.05) is 13.3 Å². The molecule has 0 bridgehead atoms. The Bertz CT molecular complexity index is 612. The van der Waals surface area contributed by atoms with E-state index in [-0.39, 0.29) is 34.2 Å². The molecular formula is C15H17NO4S. The van der Waals surface area contributed by atoms with Crippen molar-refractivity contribution >= 4 is 34.1 Å². The third kappa shape index (κ3) is 2.09. The Kier molecular flexibility index (Phi) is 3.36. The van der Waals surface area contributed by atoms with Crippen LogP contribution in [0.1, 0.15) is 41.4 Å². The predicted molar refractivity (Wildman–Crippen MR) is 78.5 cm³/mol. The summed E-state index contributed by atoms with van der Waals surface area (Å²) in [6.07, 6.45) is 2.47. The Morgan fingerprint density at radius 3 is 2.38 bits per heavy atom. The van der Waals surface area contributed by atoms with Gasteiger partial charge in [-0.05, 0) is 31.7 Å². The van der Waals surface area contributed by atoms with Gasteiger partial charge in [-0.3, -0.25) is 9.59 Å². The number of aryl methyl sites for hydroxylation is 1. The fourth-order valence-corrected chi connectivity index (χ4v) is 4.49. The lowest BCUT2D eigenvalue weighted by Gasteiger charge is -2.16. The van der Waals surface area contributed by atoms with Crippen molar-refractivity contribution in [2.75, 3.05) is 4.90 Å². The summed E-state index contributed by atoms with van der Waals surface area (Å²) < 4.78 is 0. The molecule has 2 atom stereocenters. The normalized spacial score (nSPS) is 28.3. The lowest BCUT2D eigenvalue weighted by atomic mass is 10.00. The van der Waals surface area contributed by atoms with Crippen molar-refractivity contribution in [3.63, 3.8) is 0 Å². The summed E-state index contributed by atoms with van der Waals surface area (Å²) >= 11 is 1.20. The maximum atomic E-state index is 12.6. The van der Waals surface area contributed by atoms with E-state index in [2.05, 4.69) is 6.92 Å². The molecule has 1 saturated heterocycles. The number of fused-ring (bicyclic) bond motifs is 1. The van der Waals surface area contributed by atoms with Crippen LogP contribution in [-0.4, -0.2) is 22.9 Å². The molecule has 2 fully saturated rings. The van der Waals surface area contributed by atoms with Gasteiger partial charge in [0.1, 0.15) is 5.00 Å². The Morgan fingerprint density at radius 2 is 1.90 bits per heavy atom. The zero-order valence-corrected chi connectivity index (χ0v) is 12.8. The number of hydrogen-bond donors (Lipinski definition) is 1. The molecule has 1 aliphatic carbocycles. The highest BCUT2D eigenvalue weighted by molar-refractivity contribution is 7.17. The lowest BCUT2D eigenvalue weighted by molar-refractivity contribution is -0.123. The minimum Gasteiger partial charge on any atom is -0.478 e. The van der Waals surface area contributed by atoms with Crippen molar-refractivity contribution in [2.45, 2.75) is 33.1 Å². The summed E-state index contributed by atoms with van der Waals surface area (Å²) in [6, 6.07) is 1.52. The van der Waals surface area contributed by atoms with E-state index < -0.39 is 5.97 Å². The van der Waals surface area contributed by atoms with Gasteiger partial charge in [0.25, 0.3) is 0 Å². The number of amides is 2. The van der Waals surface area contributed by atoms with Gasteiger partial charge in [0, 0.05) is 4.88 Å². The molecule has 0 spiro atoms. The molecule has 2 heterocycles. The Hall–Kier alpha value is -1.69. The second-order valence-electron chi connectivity index (χ2n) is 5.85. The van der Waals surface area contributed by atoms with Gasteiger partial charge in [-0.2, -0.15) is 0 Å². The molecular weight excluding hydrogens is 290 g/mol. The van der Waals surface area contributed by atoms with E-state index in [4.69, 9.17) is 0 Å². The van der Waals surface area contributed by atoms with Crippen molar-refractivity contribution < 1.29 is 19.5 Å². The minimum atomic E-state index is -1.10. The maximum absolute atomic E-state index is 12.6. The number of aromatic carboxylic acids is 1. The van der Waals surface area contributed by atoms with Crippen LogP contribution in [0.2, 0.25) is 0 Å². The molecule has 6 heteroatoms. The summed E-state index contributed by atoms with van der Waals surface area (Å²) in [6.45, 7) is 3.85. The van der Waals surface area contributed by atoms with E-state index >= 15 is 0 Å². The Morgan fingerprint density at radius 1 is 1.33 bits per heavy atom. The number of nitrogens with zero attached hydrogens (tertiary/aromatic N) is 1. The first kappa shape index (κ1) is 14.3. The van der Waals surface area contributed by atoms with Crippen molar-refractivity contribution in [3.05, 3.63) is 16.5 Å². The molecule has 2 aliphatic rings. The van der Waals surface area contributed by atoms with Crippen LogP contribution < -0.4 is 4.90 Å². The molecule has 5 nitrogen and oxygen atoms in total. The first-order valence-corrected chi connectivity index (χ1v) is 7.97. The molecule has 1 aliphatic heterocycles. The fourth-order valence-electron chi connectivity index (χ4n) is 3.48. The number of carboxylic acid groups (broad SMARTS) is 1. The molecule has 0 aromatic carbocycles. The maximum Gasteiger partial charge on any atom is 0.338 e. The van der Waals surface area contributed by atoms with Gasteiger partial charge in [0.15, 0.2) is 0 Å². The lowest BCUT2D eigenvalue weighted by Crippen LogP contribution is -2.32.